The Labute approximate surface area is 124 Å². The maximum absolute atomic E-state index is 12.3. The zero-order valence-corrected chi connectivity index (χ0v) is 13.1. The fraction of sp³-hybridized carbons (Fsp3) is 0.636. The van der Waals surface area contributed by atoms with E-state index < -0.39 is 10.0 Å². The molecule has 2 rings (SSSR count). The van der Waals surface area contributed by atoms with E-state index in [1.807, 2.05) is 0 Å². The minimum atomic E-state index is -3.50. The van der Waals surface area contributed by atoms with Crippen LogP contribution in [0, 0.1) is 5.92 Å². The largest absolute Gasteiger partial charge is 0.494 e. The van der Waals surface area contributed by atoms with Crippen molar-refractivity contribution >= 4 is 33.8 Å². The number of thiophene rings is 1. The molecule has 1 aliphatic carbocycles. The molecule has 2 unspecified atom stereocenters. The minimum Gasteiger partial charge on any atom is -0.494 e. The highest BCUT2D eigenvalue weighted by Crippen LogP contribution is 2.32. The van der Waals surface area contributed by atoms with Gasteiger partial charge in [-0.15, -0.1) is 23.7 Å². The van der Waals surface area contributed by atoms with Crippen molar-refractivity contribution in [2.45, 2.75) is 29.5 Å². The highest BCUT2D eigenvalue weighted by molar-refractivity contribution is 7.91. The van der Waals surface area contributed by atoms with Gasteiger partial charge in [-0.2, -0.15) is 0 Å². The molecule has 19 heavy (non-hydrogen) atoms. The molecule has 0 saturated heterocycles. The third kappa shape index (κ3) is 3.61. The third-order valence-corrected chi connectivity index (χ3v) is 6.26. The lowest BCUT2D eigenvalue weighted by Gasteiger charge is -2.19. The Kier molecular flexibility index (Phi) is 6.07. The molecule has 0 radical (unpaired) electrons. The van der Waals surface area contributed by atoms with Crippen LogP contribution in [-0.2, 0) is 10.0 Å². The summed E-state index contributed by atoms with van der Waals surface area (Å²) in [6, 6.07) is 1.61. The summed E-state index contributed by atoms with van der Waals surface area (Å²) in [5.41, 5.74) is 5.66. The number of rotatable bonds is 5. The zero-order chi connectivity index (χ0) is 13.2. The zero-order valence-electron chi connectivity index (χ0n) is 10.7. The van der Waals surface area contributed by atoms with E-state index in [4.69, 9.17) is 10.5 Å². The molecule has 1 aromatic rings. The van der Waals surface area contributed by atoms with Crippen molar-refractivity contribution in [3.8, 4) is 5.75 Å². The molecule has 1 aromatic heterocycles. The molecule has 0 spiro atoms. The van der Waals surface area contributed by atoms with Gasteiger partial charge < -0.3 is 10.5 Å². The standard InChI is InChI=1S/C11H18N2O3S2.ClH/c1-16-10-5-6-17-11(10)18(14,15)13-9-4-2-3-8(9)7-12;/h5-6,8-9,13H,2-4,7,12H2,1H3;1H. The van der Waals surface area contributed by atoms with Gasteiger partial charge in [0, 0.05) is 6.04 Å². The topological polar surface area (TPSA) is 81.4 Å². The summed E-state index contributed by atoms with van der Waals surface area (Å²) in [7, 11) is -2.03. The first kappa shape index (κ1) is 16.7. The van der Waals surface area contributed by atoms with Crippen molar-refractivity contribution in [2.75, 3.05) is 13.7 Å². The second kappa shape index (κ2) is 6.90. The van der Waals surface area contributed by atoms with Gasteiger partial charge in [-0.1, -0.05) is 6.42 Å². The van der Waals surface area contributed by atoms with E-state index in [0.29, 0.717) is 12.3 Å². The molecule has 8 heteroatoms. The van der Waals surface area contributed by atoms with Gasteiger partial charge in [-0.25, -0.2) is 13.1 Å². The van der Waals surface area contributed by atoms with Crippen LogP contribution in [-0.4, -0.2) is 28.1 Å². The number of sulfonamides is 1. The van der Waals surface area contributed by atoms with Crippen molar-refractivity contribution < 1.29 is 13.2 Å². The maximum atomic E-state index is 12.3. The average Bonchev–Trinajstić information content (AvgIpc) is 2.95. The second-order valence-corrected chi connectivity index (χ2v) is 7.26. The van der Waals surface area contributed by atoms with E-state index in [1.54, 1.807) is 11.4 Å². The smallest absolute Gasteiger partial charge is 0.254 e. The number of nitrogens with one attached hydrogen (secondary N) is 1. The molecule has 3 N–H and O–H groups in total. The number of methoxy groups -OCH3 is 1. The Morgan fingerprint density at radius 1 is 1.53 bits per heavy atom. The summed E-state index contributed by atoms with van der Waals surface area (Å²) < 4.78 is 32.6. The van der Waals surface area contributed by atoms with E-state index in [-0.39, 0.29) is 28.6 Å². The van der Waals surface area contributed by atoms with Gasteiger partial charge in [0.05, 0.1) is 7.11 Å². The van der Waals surface area contributed by atoms with Crippen LogP contribution in [0.1, 0.15) is 19.3 Å². The first-order chi connectivity index (χ1) is 8.58. The molecule has 0 aromatic carbocycles. The van der Waals surface area contributed by atoms with Gasteiger partial charge >= 0.3 is 0 Å². The highest BCUT2D eigenvalue weighted by atomic mass is 35.5. The molecule has 0 bridgehead atoms. The fourth-order valence-electron chi connectivity index (χ4n) is 2.36. The normalized spacial score (nSPS) is 23.1. The first-order valence-electron chi connectivity index (χ1n) is 5.92. The molecular weight excluding hydrogens is 308 g/mol. The lowest BCUT2D eigenvalue weighted by Crippen LogP contribution is -2.39. The van der Waals surface area contributed by atoms with Crippen molar-refractivity contribution in [3.63, 3.8) is 0 Å². The number of nitrogens with two attached hydrogens (primary N) is 1. The van der Waals surface area contributed by atoms with Crippen LogP contribution in [0.3, 0.4) is 0 Å². The molecule has 5 nitrogen and oxygen atoms in total. The Hall–Kier alpha value is -0.340. The van der Waals surface area contributed by atoms with Gasteiger partial charge in [0.2, 0.25) is 0 Å². The predicted octanol–water partition coefficient (Wildman–Crippen LogP) is 1.58. The van der Waals surface area contributed by atoms with Crippen LogP contribution >= 0.6 is 23.7 Å². The molecule has 110 valence electrons. The highest BCUT2D eigenvalue weighted by Gasteiger charge is 2.32. The molecule has 1 fully saturated rings. The number of hydrogen-bond donors (Lipinski definition) is 2. The van der Waals surface area contributed by atoms with Crippen molar-refractivity contribution in [2.24, 2.45) is 11.7 Å². The lowest BCUT2D eigenvalue weighted by molar-refractivity contribution is 0.404. The van der Waals surface area contributed by atoms with E-state index in [0.717, 1.165) is 19.3 Å². The van der Waals surface area contributed by atoms with Gasteiger partial charge in [0.15, 0.2) is 4.21 Å². The summed E-state index contributed by atoms with van der Waals surface area (Å²) in [5, 5.41) is 1.71. The fourth-order valence-corrected chi connectivity index (χ4v) is 4.99. The van der Waals surface area contributed by atoms with Crippen LogP contribution in [0.25, 0.3) is 0 Å². The Bertz CT molecular complexity index is 504. The molecular formula is C11H19ClN2O3S2. The quantitative estimate of drug-likeness (QED) is 0.861. The SMILES string of the molecule is COc1ccsc1S(=O)(=O)NC1CCCC1CN.Cl. The van der Waals surface area contributed by atoms with E-state index in [1.165, 1.54) is 18.4 Å². The van der Waals surface area contributed by atoms with Crippen LogP contribution < -0.4 is 15.2 Å². The molecule has 0 amide bonds. The van der Waals surface area contributed by atoms with Gasteiger partial charge in [-0.3, -0.25) is 0 Å². The first-order valence-corrected chi connectivity index (χ1v) is 8.28. The molecule has 2 atom stereocenters. The third-order valence-electron chi connectivity index (χ3n) is 3.33. The molecule has 1 saturated carbocycles. The van der Waals surface area contributed by atoms with E-state index in [2.05, 4.69) is 4.72 Å². The van der Waals surface area contributed by atoms with Crippen LogP contribution in [0.4, 0.5) is 0 Å². The number of hydrogen-bond acceptors (Lipinski definition) is 5. The summed E-state index contributed by atoms with van der Waals surface area (Å²) in [6.07, 6.45) is 2.87. The summed E-state index contributed by atoms with van der Waals surface area (Å²) in [5.74, 6) is 0.639. The van der Waals surface area contributed by atoms with Crippen LogP contribution in [0.5, 0.6) is 5.75 Å². The second-order valence-electron chi connectivity index (χ2n) is 4.43. The molecule has 1 aliphatic rings. The molecule has 1 heterocycles. The van der Waals surface area contributed by atoms with Gasteiger partial charge in [-0.05, 0) is 36.8 Å². The van der Waals surface area contributed by atoms with Crippen molar-refractivity contribution in [1.82, 2.24) is 4.72 Å². The van der Waals surface area contributed by atoms with Crippen molar-refractivity contribution in [1.29, 1.82) is 0 Å². The minimum absolute atomic E-state index is 0. The van der Waals surface area contributed by atoms with Crippen molar-refractivity contribution in [3.05, 3.63) is 11.4 Å². The number of halogens is 1. The average molecular weight is 327 g/mol. The van der Waals surface area contributed by atoms with Crippen LogP contribution in [0.15, 0.2) is 15.7 Å². The number of ether oxygens (including phenoxy) is 1. The Morgan fingerprint density at radius 2 is 2.26 bits per heavy atom. The Morgan fingerprint density at radius 3 is 2.89 bits per heavy atom. The maximum Gasteiger partial charge on any atom is 0.254 e. The van der Waals surface area contributed by atoms with Gasteiger partial charge in [0.25, 0.3) is 10.0 Å². The van der Waals surface area contributed by atoms with Crippen LogP contribution in [0.2, 0.25) is 0 Å². The summed E-state index contributed by atoms with van der Waals surface area (Å²) >= 11 is 1.17. The monoisotopic (exact) mass is 326 g/mol. The van der Waals surface area contributed by atoms with E-state index in [9.17, 15) is 8.42 Å². The van der Waals surface area contributed by atoms with E-state index >= 15 is 0 Å². The predicted molar refractivity (Wildman–Crippen MR) is 78.6 cm³/mol. The van der Waals surface area contributed by atoms with Gasteiger partial charge in [0.1, 0.15) is 5.75 Å². The molecule has 0 aliphatic heterocycles. The summed E-state index contributed by atoms with van der Waals surface area (Å²) in [4.78, 5) is 0. The Balaban J connectivity index is 0.00000180. The lowest BCUT2D eigenvalue weighted by atomic mass is 10.1. The summed E-state index contributed by atoms with van der Waals surface area (Å²) in [6.45, 7) is 0.523.